The second kappa shape index (κ2) is 4.01. The highest BCUT2D eigenvalue weighted by molar-refractivity contribution is 6.12. The van der Waals surface area contributed by atoms with Crippen molar-refractivity contribution in [3.63, 3.8) is 0 Å². The third kappa shape index (κ3) is 1.30. The summed E-state index contributed by atoms with van der Waals surface area (Å²) in [5.41, 5.74) is 3.14. The van der Waals surface area contributed by atoms with E-state index in [2.05, 4.69) is 12.2 Å². The number of rotatable bonds is 1. The van der Waals surface area contributed by atoms with E-state index in [9.17, 15) is 10.4 Å². The van der Waals surface area contributed by atoms with Crippen LogP contribution < -0.4 is 4.73 Å². The Kier molecular flexibility index (Phi) is 2.11. The second-order valence-corrected chi connectivity index (χ2v) is 7.26. The van der Waals surface area contributed by atoms with Gasteiger partial charge in [0.2, 0.25) is 5.69 Å². The fourth-order valence-corrected chi connectivity index (χ4v) is 5.11. The van der Waals surface area contributed by atoms with E-state index in [1.165, 1.54) is 4.73 Å². The van der Waals surface area contributed by atoms with Crippen molar-refractivity contribution in [2.75, 3.05) is 0 Å². The first-order chi connectivity index (χ1) is 11.7. The Labute approximate surface area is 138 Å². The molecule has 2 bridgehead atoms. The second-order valence-electron chi connectivity index (χ2n) is 7.26. The summed E-state index contributed by atoms with van der Waals surface area (Å²) in [7, 11) is 0. The molecule has 1 aromatic heterocycles. The van der Waals surface area contributed by atoms with Crippen molar-refractivity contribution in [3.05, 3.63) is 59.6 Å². The first-order valence-electron chi connectivity index (χ1n) is 8.52. The molecule has 1 fully saturated rings. The molecule has 3 aliphatic carbocycles. The van der Waals surface area contributed by atoms with Crippen LogP contribution in [0.25, 0.3) is 33.3 Å². The summed E-state index contributed by atoms with van der Waals surface area (Å²) in [5.74, 6) is 1.55. The highest BCUT2D eigenvalue weighted by Crippen LogP contribution is 2.51. The van der Waals surface area contributed by atoms with E-state index in [-0.39, 0.29) is 5.92 Å². The predicted molar refractivity (Wildman–Crippen MR) is 90.6 cm³/mol. The quantitative estimate of drug-likeness (QED) is 0.251. The van der Waals surface area contributed by atoms with E-state index in [0.717, 1.165) is 39.5 Å². The maximum atomic E-state index is 13.2. The van der Waals surface area contributed by atoms with Gasteiger partial charge in [0.1, 0.15) is 0 Å². The molecule has 4 nitrogen and oxygen atoms in total. The molecule has 3 aromatic rings. The Bertz CT molecular complexity index is 1000. The zero-order valence-corrected chi connectivity index (χ0v) is 13.0. The lowest BCUT2D eigenvalue weighted by Gasteiger charge is -2.17. The fourth-order valence-electron chi connectivity index (χ4n) is 5.11. The lowest BCUT2D eigenvalue weighted by atomic mass is 9.93. The Morgan fingerprint density at radius 2 is 1.83 bits per heavy atom. The topological polar surface area (TPSA) is 52.1 Å². The van der Waals surface area contributed by atoms with Crippen LogP contribution in [0.2, 0.25) is 0 Å². The van der Waals surface area contributed by atoms with E-state index in [1.807, 2.05) is 36.4 Å². The van der Waals surface area contributed by atoms with Crippen LogP contribution in [0.15, 0.2) is 48.6 Å². The molecular weight excluding hydrogens is 300 g/mol. The summed E-state index contributed by atoms with van der Waals surface area (Å²) in [5, 5.41) is 26.2. The van der Waals surface area contributed by atoms with Crippen LogP contribution >= 0.6 is 0 Å². The van der Waals surface area contributed by atoms with Gasteiger partial charge in [0, 0.05) is 16.5 Å². The molecular formula is C20H16N2O2. The maximum absolute atomic E-state index is 13.2. The minimum atomic E-state index is 0.111. The van der Waals surface area contributed by atoms with Crippen molar-refractivity contribution in [1.82, 2.24) is 4.73 Å². The molecule has 3 aliphatic rings. The van der Waals surface area contributed by atoms with Gasteiger partial charge in [-0.25, -0.2) is 4.73 Å². The van der Waals surface area contributed by atoms with Crippen molar-refractivity contribution < 1.29 is 9.94 Å². The molecule has 3 atom stereocenters. The van der Waals surface area contributed by atoms with Crippen LogP contribution in [0, 0.1) is 17.0 Å². The molecule has 0 aliphatic heterocycles. The number of nitrogens with zero attached hydrogens (tertiary/aromatic N) is 2. The summed E-state index contributed by atoms with van der Waals surface area (Å²) in [6, 6.07) is 12.0. The minimum Gasteiger partial charge on any atom is -0.710 e. The molecule has 118 valence electrons. The van der Waals surface area contributed by atoms with Gasteiger partial charge in [-0.05, 0) is 46.9 Å². The minimum absolute atomic E-state index is 0.111. The highest BCUT2D eigenvalue weighted by atomic mass is 16.5. The molecule has 1 heterocycles. The predicted octanol–water partition coefficient (Wildman–Crippen LogP) is 3.84. The lowest BCUT2D eigenvalue weighted by molar-refractivity contribution is -0.606. The van der Waals surface area contributed by atoms with Gasteiger partial charge in [0.25, 0.3) is 0 Å². The molecule has 1 saturated carbocycles. The Morgan fingerprint density at radius 1 is 1.04 bits per heavy atom. The van der Waals surface area contributed by atoms with Gasteiger partial charge in [-0.1, -0.05) is 36.4 Å². The molecule has 2 aromatic carbocycles. The maximum Gasteiger partial charge on any atom is 0.304 e. The SMILES string of the molecule is [O-][n+]1c2c(n(O)c1[C@H]1C[C@@H]3C=C[C@H]1C3)-c1cccc3cccc-2c13. The number of benzene rings is 2. The van der Waals surface area contributed by atoms with Crippen molar-refractivity contribution in [1.29, 1.82) is 0 Å². The normalized spacial score (nSPS) is 25.8. The number of hydrogen-bond acceptors (Lipinski definition) is 2. The van der Waals surface area contributed by atoms with Gasteiger partial charge < -0.3 is 10.4 Å². The van der Waals surface area contributed by atoms with Gasteiger partial charge in [0.15, 0.2) is 5.69 Å². The third-order valence-electron chi connectivity index (χ3n) is 6.09. The average Bonchev–Trinajstić information content (AvgIpc) is 3.33. The van der Waals surface area contributed by atoms with Crippen LogP contribution in [-0.4, -0.2) is 9.94 Å². The summed E-state index contributed by atoms with van der Waals surface area (Å²) < 4.78 is 2.17. The smallest absolute Gasteiger partial charge is 0.304 e. The monoisotopic (exact) mass is 316 g/mol. The van der Waals surface area contributed by atoms with Crippen LogP contribution in [0.1, 0.15) is 24.6 Å². The third-order valence-corrected chi connectivity index (χ3v) is 6.09. The number of imidazole rings is 1. The molecule has 0 spiro atoms. The Balaban J connectivity index is 1.66. The number of fused-ring (bicyclic) bond motifs is 5. The van der Waals surface area contributed by atoms with E-state index in [4.69, 9.17) is 0 Å². The average molecular weight is 316 g/mol. The van der Waals surface area contributed by atoms with Crippen LogP contribution in [-0.2, 0) is 0 Å². The molecule has 1 N–H and O–H groups in total. The summed E-state index contributed by atoms with van der Waals surface area (Å²) in [6.45, 7) is 0. The summed E-state index contributed by atoms with van der Waals surface area (Å²) in [6.07, 6.45) is 6.53. The van der Waals surface area contributed by atoms with Gasteiger partial charge in [-0.2, -0.15) is 0 Å². The van der Waals surface area contributed by atoms with Crippen molar-refractivity contribution in [2.24, 2.45) is 11.8 Å². The molecule has 0 radical (unpaired) electrons. The van der Waals surface area contributed by atoms with E-state index >= 15 is 0 Å². The molecule has 0 amide bonds. The van der Waals surface area contributed by atoms with Gasteiger partial charge >= 0.3 is 5.82 Å². The van der Waals surface area contributed by atoms with Crippen molar-refractivity contribution in [3.8, 4) is 22.5 Å². The van der Waals surface area contributed by atoms with Crippen LogP contribution in [0.4, 0.5) is 0 Å². The Morgan fingerprint density at radius 3 is 2.54 bits per heavy atom. The van der Waals surface area contributed by atoms with E-state index in [0.29, 0.717) is 29.0 Å². The number of allylic oxidation sites excluding steroid dienone is 2. The van der Waals surface area contributed by atoms with Crippen LogP contribution in [0.5, 0.6) is 0 Å². The number of hydrogen-bond donors (Lipinski definition) is 1. The Hall–Kier alpha value is -2.75. The summed E-state index contributed by atoms with van der Waals surface area (Å²) in [4.78, 5) is 0. The zero-order valence-electron chi connectivity index (χ0n) is 13.0. The molecule has 0 saturated heterocycles. The molecule has 0 unspecified atom stereocenters. The van der Waals surface area contributed by atoms with Crippen molar-refractivity contribution in [2.45, 2.75) is 18.8 Å². The van der Waals surface area contributed by atoms with Gasteiger partial charge in [0.05, 0.1) is 5.92 Å². The van der Waals surface area contributed by atoms with Gasteiger partial charge in [-0.15, -0.1) is 0 Å². The molecule has 24 heavy (non-hydrogen) atoms. The lowest BCUT2D eigenvalue weighted by Crippen LogP contribution is -2.35. The molecule has 4 heteroatoms. The first kappa shape index (κ1) is 12.6. The largest absolute Gasteiger partial charge is 0.710 e. The number of aromatic nitrogens is 2. The van der Waals surface area contributed by atoms with Gasteiger partial charge in [-0.3, -0.25) is 0 Å². The standard InChI is InChI=1S/C20H16N2O2/c23-21-18-14-5-1-3-12-4-2-6-15(17(12)14)19(18)22(24)20(21)16-10-11-7-8-13(16)9-11/h1-8,11,13,16,23H,9-10H2/t11-,13+,16+/m1/s1. The van der Waals surface area contributed by atoms with Crippen LogP contribution in [0.3, 0.4) is 0 Å². The molecule has 6 rings (SSSR count). The zero-order chi connectivity index (χ0) is 16.0. The van der Waals surface area contributed by atoms with E-state index < -0.39 is 0 Å². The van der Waals surface area contributed by atoms with Crippen molar-refractivity contribution >= 4 is 10.8 Å². The first-order valence-corrected chi connectivity index (χ1v) is 8.52. The summed E-state index contributed by atoms with van der Waals surface area (Å²) >= 11 is 0. The van der Waals surface area contributed by atoms with E-state index in [1.54, 1.807) is 0 Å². The highest BCUT2D eigenvalue weighted by Gasteiger charge is 2.46. The fraction of sp³-hybridized carbons (Fsp3) is 0.250.